The molecular weight excluding hydrogens is 362 g/mol. The number of benzene rings is 1. The highest BCUT2D eigenvalue weighted by Gasteiger charge is 2.46. The summed E-state index contributed by atoms with van der Waals surface area (Å²) in [5, 5.41) is 3.08. The number of hydrogen-bond donors (Lipinski definition) is 1. The van der Waals surface area contributed by atoms with E-state index < -0.39 is 0 Å². The molecule has 1 aliphatic carbocycles. The van der Waals surface area contributed by atoms with Crippen LogP contribution in [0.5, 0.6) is 0 Å². The number of amides is 2. The van der Waals surface area contributed by atoms with E-state index in [1.165, 1.54) is 12.8 Å². The highest BCUT2D eigenvalue weighted by molar-refractivity contribution is 5.84. The Bertz CT molecular complexity index is 731. The standard InChI is InChI=1S/C24H35N3O2/c1-18(2)22(20-6-4-3-5-7-20)23(29)27-13-11-24(17-27)10-12-26(16-24)15-21(28)25-14-19-8-9-19/h3-7,18-19,22H,8-17H2,1-2H3,(H,25,28). The van der Waals surface area contributed by atoms with E-state index in [9.17, 15) is 9.59 Å². The molecule has 1 spiro atoms. The van der Waals surface area contributed by atoms with E-state index in [4.69, 9.17) is 0 Å². The second-order valence-corrected chi connectivity index (χ2v) is 9.85. The van der Waals surface area contributed by atoms with Crippen LogP contribution in [-0.2, 0) is 9.59 Å². The number of rotatable bonds is 7. The van der Waals surface area contributed by atoms with Crippen molar-refractivity contribution in [1.82, 2.24) is 15.1 Å². The maximum absolute atomic E-state index is 13.4. The first-order valence-electron chi connectivity index (χ1n) is 11.3. The van der Waals surface area contributed by atoms with E-state index in [2.05, 4.69) is 41.1 Å². The van der Waals surface area contributed by atoms with Gasteiger partial charge in [-0.3, -0.25) is 14.5 Å². The summed E-state index contributed by atoms with van der Waals surface area (Å²) < 4.78 is 0. The van der Waals surface area contributed by atoms with Crippen LogP contribution in [-0.4, -0.2) is 60.9 Å². The molecule has 29 heavy (non-hydrogen) atoms. The predicted octanol–water partition coefficient (Wildman–Crippen LogP) is 2.88. The Labute approximate surface area is 174 Å². The third-order valence-electron chi connectivity index (χ3n) is 7.01. The summed E-state index contributed by atoms with van der Waals surface area (Å²) in [6.45, 7) is 9.20. The van der Waals surface area contributed by atoms with Crippen molar-refractivity contribution in [3.8, 4) is 0 Å². The van der Waals surface area contributed by atoms with Gasteiger partial charge in [0.1, 0.15) is 0 Å². The number of likely N-dealkylation sites (tertiary alicyclic amines) is 2. The molecule has 3 fully saturated rings. The zero-order chi connectivity index (χ0) is 20.4. The van der Waals surface area contributed by atoms with Crippen molar-refractivity contribution < 1.29 is 9.59 Å². The van der Waals surface area contributed by atoms with Gasteiger partial charge in [-0.25, -0.2) is 0 Å². The quantitative estimate of drug-likeness (QED) is 0.770. The largest absolute Gasteiger partial charge is 0.355 e. The molecule has 5 nitrogen and oxygen atoms in total. The first kappa shape index (κ1) is 20.4. The minimum atomic E-state index is -0.0722. The average Bonchev–Trinajstić information content (AvgIpc) is 3.33. The van der Waals surface area contributed by atoms with E-state index in [1.807, 2.05) is 18.2 Å². The minimum Gasteiger partial charge on any atom is -0.355 e. The van der Waals surface area contributed by atoms with Crippen molar-refractivity contribution in [3.63, 3.8) is 0 Å². The summed E-state index contributed by atoms with van der Waals surface area (Å²) >= 11 is 0. The second kappa shape index (κ2) is 8.47. The molecule has 2 amide bonds. The van der Waals surface area contributed by atoms with Crippen molar-refractivity contribution in [2.75, 3.05) is 39.3 Å². The molecule has 2 aliphatic heterocycles. The highest BCUT2D eigenvalue weighted by atomic mass is 16.2. The molecule has 1 N–H and O–H groups in total. The molecule has 2 atom stereocenters. The van der Waals surface area contributed by atoms with Crippen molar-refractivity contribution in [1.29, 1.82) is 0 Å². The topological polar surface area (TPSA) is 52.7 Å². The van der Waals surface area contributed by atoms with Crippen LogP contribution in [0.3, 0.4) is 0 Å². The lowest BCUT2D eigenvalue weighted by atomic mass is 9.85. The number of nitrogens with one attached hydrogen (secondary N) is 1. The lowest BCUT2D eigenvalue weighted by molar-refractivity contribution is -0.133. The Kier molecular flexibility index (Phi) is 5.95. The summed E-state index contributed by atoms with van der Waals surface area (Å²) in [5.74, 6) is 1.35. The molecule has 0 radical (unpaired) electrons. The molecule has 5 heteroatoms. The van der Waals surface area contributed by atoms with Gasteiger partial charge in [0, 0.05) is 31.6 Å². The Balaban J connectivity index is 1.33. The van der Waals surface area contributed by atoms with Crippen LogP contribution < -0.4 is 5.32 Å². The number of nitrogens with zero attached hydrogens (tertiary/aromatic N) is 2. The fourth-order valence-electron chi connectivity index (χ4n) is 5.13. The van der Waals surface area contributed by atoms with Crippen LogP contribution in [0.4, 0.5) is 0 Å². The van der Waals surface area contributed by atoms with Crippen LogP contribution in [0.25, 0.3) is 0 Å². The van der Waals surface area contributed by atoms with Crippen LogP contribution in [0, 0.1) is 17.3 Å². The summed E-state index contributed by atoms with van der Waals surface area (Å²) in [5.41, 5.74) is 1.29. The van der Waals surface area contributed by atoms with E-state index in [-0.39, 0.29) is 29.1 Å². The van der Waals surface area contributed by atoms with E-state index in [0.717, 1.165) is 57.0 Å². The van der Waals surface area contributed by atoms with Crippen LogP contribution >= 0.6 is 0 Å². The zero-order valence-corrected chi connectivity index (χ0v) is 17.9. The molecule has 0 aromatic heterocycles. The predicted molar refractivity (Wildman–Crippen MR) is 114 cm³/mol. The molecule has 2 unspecified atom stereocenters. The first-order valence-corrected chi connectivity index (χ1v) is 11.3. The van der Waals surface area contributed by atoms with E-state index >= 15 is 0 Å². The maximum Gasteiger partial charge on any atom is 0.234 e. The van der Waals surface area contributed by atoms with Crippen LogP contribution in [0.1, 0.15) is 51.0 Å². The summed E-state index contributed by atoms with van der Waals surface area (Å²) in [6.07, 6.45) is 4.66. The van der Waals surface area contributed by atoms with Gasteiger partial charge in [0.25, 0.3) is 0 Å². The molecule has 2 heterocycles. The molecule has 158 valence electrons. The lowest BCUT2D eigenvalue weighted by Gasteiger charge is -2.29. The number of carbonyl (C=O) groups is 2. The Hall–Kier alpha value is -1.88. The zero-order valence-electron chi connectivity index (χ0n) is 17.9. The first-order chi connectivity index (χ1) is 14.0. The monoisotopic (exact) mass is 397 g/mol. The second-order valence-electron chi connectivity index (χ2n) is 9.85. The molecule has 3 aliphatic rings. The van der Waals surface area contributed by atoms with Crippen molar-refractivity contribution in [3.05, 3.63) is 35.9 Å². The average molecular weight is 398 g/mol. The maximum atomic E-state index is 13.4. The molecule has 4 rings (SSSR count). The van der Waals surface area contributed by atoms with Crippen molar-refractivity contribution in [2.45, 2.75) is 45.4 Å². The normalized spacial score (nSPS) is 25.7. The van der Waals surface area contributed by atoms with Crippen molar-refractivity contribution >= 4 is 11.8 Å². The molecule has 0 bridgehead atoms. The molecule has 1 saturated carbocycles. The number of hydrogen-bond acceptors (Lipinski definition) is 3. The van der Waals surface area contributed by atoms with Gasteiger partial charge < -0.3 is 10.2 Å². The third-order valence-corrected chi connectivity index (χ3v) is 7.01. The van der Waals surface area contributed by atoms with Gasteiger partial charge in [-0.2, -0.15) is 0 Å². The van der Waals surface area contributed by atoms with E-state index in [0.29, 0.717) is 6.54 Å². The minimum absolute atomic E-state index is 0.0722. The van der Waals surface area contributed by atoms with Gasteiger partial charge >= 0.3 is 0 Å². The highest BCUT2D eigenvalue weighted by Crippen LogP contribution is 2.41. The molecule has 1 aromatic carbocycles. The third kappa shape index (κ3) is 4.82. The SMILES string of the molecule is CC(C)C(C(=O)N1CCC2(CCN(CC(=O)NCC3CC3)C2)C1)c1ccccc1. The van der Waals surface area contributed by atoms with Gasteiger partial charge in [0.15, 0.2) is 0 Å². The molecular formula is C24H35N3O2. The van der Waals surface area contributed by atoms with Crippen LogP contribution in [0.2, 0.25) is 0 Å². The van der Waals surface area contributed by atoms with Gasteiger partial charge in [-0.15, -0.1) is 0 Å². The Morgan fingerprint density at radius 2 is 1.83 bits per heavy atom. The molecule has 1 aromatic rings. The van der Waals surface area contributed by atoms with E-state index in [1.54, 1.807) is 0 Å². The summed E-state index contributed by atoms with van der Waals surface area (Å²) in [4.78, 5) is 30.0. The molecule has 2 saturated heterocycles. The van der Waals surface area contributed by atoms with Gasteiger partial charge in [-0.1, -0.05) is 44.2 Å². The summed E-state index contributed by atoms with van der Waals surface area (Å²) in [7, 11) is 0. The summed E-state index contributed by atoms with van der Waals surface area (Å²) in [6, 6.07) is 10.2. The Morgan fingerprint density at radius 1 is 1.10 bits per heavy atom. The smallest absolute Gasteiger partial charge is 0.234 e. The van der Waals surface area contributed by atoms with Gasteiger partial charge in [-0.05, 0) is 49.6 Å². The Morgan fingerprint density at radius 3 is 2.52 bits per heavy atom. The van der Waals surface area contributed by atoms with Crippen molar-refractivity contribution in [2.24, 2.45) is 17.3 Å². The number of carbonyl (C=O) groups excluding carboxylic acids is 2. The fourth-order valence-corrected chi connectivity index (χ4v) is 5.13. The van der Waals surface area contributed by atoms with Gasteiger partial charge in [0.05, 0.1) is 12.5 Å². The fraction of sp³-hybridized carbons (Fsp3) is 0.667. The van der Waals surface area contributed by atoms with Gasteiger partial charge in [0.2, 0.25) is 11.8 Å². The van der Waals surface area contributed by atoms with Crippen LogP contribution in [0.15, 0.2) is 30.3 Å². The lowest BCUT2D eigenvalue weighted by Crippen LogP contribution is -2.40.